The highest BCUT2D eigenvalue weighted by Gasteiger charge is 2.17. The molecular formula is C13H24N2S2. The van der Waals surface area contributed by atoms with Gasteiger partial charge in [-0.3, -0.25) is 0 Å². The number of hydrogen-bond acceptors (Lipinski definition) is 4. The van der Waals surface area contributed by atoms with E-state index >= 15 is 0 Å². The van der Waals surface area contributed by atoms with Crippen LogP contribution in [-0.4, -0.2) is 23.0 Å². The van der Waals surface area contributed by atoms with Crippen LogP contribution in [0.25, 0.3) is 0 Å². The molecule has 0 saturated carbocycles. The monoisotopic (exact) mass is 272 g/mol. The maximum atomic E-state index is 4.49. The molecule has 0 fully saturated rings. The predicted octanol–water partition coefficient (Wildman–Crippen LogP) is 3.67. The second-order valence-electron chi connectivity index (χ2n) is 5.39. The summed E-state index contributed by atoms with van der Waals surface area (Å²) < 4.78 is 0. The average molecular weight is 272 g/mol. The zero-order chi connectivity index (χ0) is 12.9. The van der Waals surface area contributed by atoms with Gasteiger partial charge in [0, 0.05) is 28.3 Å². The molecule has 1 aromatic rings. The minimum Gasteiger partial charge on any atom is -0.312 e. The molecule has 0 spiro atoms. The Balaban J connectivity index is 2.31. The fraction of sp³-hybridized carbons (Fsp3) is 0.769. The predicted molar refractivity (Wildman–Crippen MR) is 80.1 cm³/mol. The van der Waals surface area contributed by atoms with Gasteiger partial charge in [-0.05, 0) is 19.2 Å². The van der Waals surface area contributed by atoms with Gasteiger partial charge in [0.05, 0.1) is 5.01 Å². The van der Waals surface area contributed by atoms with Crippen molar-refractivity contribution in [2.24, 2.45) is 0 Å². The minimum absolute atomic E-state index is 0.177. The second-order valence-corrected chi connectivity index (χ2v) is 7.78. The van der Waals surface area contributed by atoms with E-state index in [9.17, 15) is 0 Å². The van der Waals surface area contributed by atoms with Gasteiger partial charge >= 0.3 is 0 Å². The lowest BCUT2D eigenvalue weighted by Crippen LogP contribution is -2.17. The summed E-state index contributed by atoms with van der Waals surface area (Å²) in [5.74, 6) is 0. The lowest BCUT2D eigenvalue weighted by atomic mass is 9.98. The smallest absolute Gasteiger partial charge is 0.0981 e. The van der Waals surface area contributed by atoms with Crippen molar-refractivity contribution in [1.82, 2.24) is 10.3 Å². The Morgan fingerprint density at radius 2 is 2.18 bits per heavy atom. The molecule has 0 aliphatic carbocycles. The number of rotatable bonds is 6. The van der Waals surface area contributed by atoms with E-state index in [2.05, 4.69) is 44.3 Å². The molecule has 2 nitrogen and oxygen atoms in total. The molecule has 4 heteroatoms. The molecule has 0 aliphatic heterocycles. The Labute approximate surface area is 114 Å². The summed E-state index contributed by atoms with van der Waals surface area (Å²) in [6.45, 7) is 11.0. The molecule has 17 heavy (non-hydrogen) atoms. The molecule has 0 radical (unpaired) electrons. The molecule has 0 saturated heterocycles. The Kier molecular flexibility index (Phi) is 5.97. The highest BCUT2D eigenvalue weighted by molar-refractivity contribution is 7.99. The topological polar surface area (TPSA) is 24.9 Å². The van der Waals surface area contributed by atoms with Crippen LogP contribution in [0.2, 0.25) is 0 Å². The molecule has 1 N–H and O–H groups in total. The van der Waals surface area contributed by atoms with Crippen LogP contribution in [0, 0.1) is 0 Å². The number of nitrogens with one attached hydrogen (secondary N) is 1. The summed E-state index contributed by atoms with van der Waals surface area (Å²) in [7, 11) is 0. The zero-order valence-electron chi connectivity index (χ0n) is 11.5. The van der Waals surface area contributed by atoms with Gasteiger partial charge in [0.15, 0.2) is 0 Å². The van der Waals surface area contributed by atoms with Crippen molar-refractivity contribution in [3.63, 3.8) is 0 Å². The summed E-state index contributed by atoms with van der Waals surface area (Å²) in [4.78, 5) is 5.83. The van der Waals surface area contributed by atoms with Gasteiger partial charge in [-0.15, -0.1) is 11.3 Å². The van der Waals surface area contributed by atoms with Crippen molar-refractivity contribution >= 4 is 23.1 Å². The molecule has 1 heterocycles. The van der Waals surface area contributed by atoms with E-state index < -0.39 is 0 Å². The van der Waals surface area contributed by atoms with E-state index in [0.29, 0.717) is 0 Å². The van der Waals surface area contributed by atoms with Crippen molar-refractivity contribution in [3.05, 3.63) is 16.1 Å². The number of hydrogen-bond donors (Lipinski definition) is 1. The van der Waals surface area contributed by atoms with E-state index in [1.807, 2.05) is 29.3 Å². The van der Waals surface area contributed by atoms with E-state index in [1.165, 1.54) is 16.3 Å². The van der Waals surface area contributed by atoms with Crippen molar-refractivity contribution in [1.29, 1.82) is 0 Å². The molecule has 0 aromatic carbocycles. The standard InChI is InChI=1S/C13H24N2S2/c1-10(16-5)6-7-14-8-11-9-15-12(17-11)13(2,3)4/h9-10,14H,6-8H2,1-5H3. The number of thiazole rings is 1. The second kappa shape index (κ2) is 6.76. The fourth-order valence-corrected chi connectivity index (χ4v) is 2.66. The maximum absolute atomic E-state index is 4.49. The van der Waals surface area contributed by atoms with Gasteiger partial charge < -0.3 is 5.32 Å². The third-order valence-electron chi connectivity index (χ3n) is 2.62. The fourth-order valence-electron chi connectivity index (χ4n) is 1.37. The lowest BCUT2D eigenvalue weighted by Gasteiger charge is -2.13. The Morgan fingerprint density at radius 3 is 2.71 bits per heavy atom. The first-order valence-corrected chi connectivity index (χ1v) is 8.22. The molecule has 1 rings (SSSR count). The van der Waals surface area contributed by atoms with Crippen LogP contribution < -0.4 is 5.32 Å². The summed E-state index contributed by atoms with van der Waals surface area (Å²) >= 11 is 3.75. The van der Waals surface area contributed by atoms with Crippen molar-refractivity contribution in [3.8, 4) is 0 Å². The highest BCUT2D eigenvalue weighted by atomic mass is 32.2. The van der Waals surface area contributed by atoms with Crippen LogP contribution in [0.5, 0.6) is 0 Å². The first-order chi connectivity index (χ1) is 7.93. The summed E-state index contributed by atoms with van der Waals surface area (Å²) in [5.41, 5.74) is 0.177. The van der Waals surface area contributed by atoms with Gasteiger partial charge in [-0.1, -0.05) is 27.7 Å². The molecule has 1 atom stereocenters. The van der Waals surface area contributed by atoms with Crippen LogP contribution in [0.1, 0.15) is 44.0 Å². The summed E-state index contributed by atoms with van der Waals surface area (Å²) in [5, 5.41) is 5.46. The van der Waals surface area contributed by atoms with Crippen molar-refractivity contribution < 1.29 is 0 Å². The van der Waals surface area contributed by atoms with Crippen LogP contribution >= 0.6 is 23.1 Å². The quantitative estimate of drug-likeness (QED) is 0.800. The number of aromatic nitrogens is 1. The van der Waals surface area contributed by atoms with E-state index in [1.54, 1.807) is 0 Å². The first kappa shape index (κ1) is 15.0. The average Bonchev–Trinajstić information content (AvgIpc) is 2.72. The van der Waals surface area contributed by atoms with Crippen LogP contribution in [0.4, 0.5) is 0 Å². The van der Waals surface area contributed by atoms with Gasteiger partial charge in [-0.25, -0.2) is 4.98 Å². The third-order valence-corrected chi connectivity index (χ3v) is 5.09. The van der Waals surface area contributed by atoms with Crippen molar-refractivity contribution in [2.45, 2.75) is 51.3 Å². The Morgan fingerprint density at radius 1 is 1.47 bits per heavy atom. The third kappa shape index (κ3) is 5.40. The number of thioether (sulfide) groups is 1. The minimum atomic E-state index is 0.177. The molecule has 0 aliphatic rings. The lowest BCUT2D eigenvalue weighted by molar-refractivity contribution is 0.585. The van der Waals surface area contributed by atoms with Gasteiger partial charge in [0.25, 0.3) is 0 Å². The van der Waals surface area contributed by atoms with E-state index in [-0.39, 0.29) is 5.41 Å². The Hall–Kier alpha value is -0.0600. The van der Waals surface area contributed by atoms with Crippen molar-refractivity contribution in [2.75, 3.05) is 12.8 Å². The SMILES string of the molecule is CSC(C)CCNCc1cnc(C(C)(C)C)s1. The van der Waals surface area contributed by atoms with Crippen LogP contribution in [0.3, 0.4) is 0 Å². The van der Waals surface area contributed by atoms with Crippen LogP contribution in [0.15, 0.2) is 6.20 Å². The summed E-state index contributed by atoms with van der Waals surface area (Å²) in [6, 6.07) is 0. The highest BCUT2D eigenvalue weighted by Crippen LogP contribution is 2.26. The van der Waals surface area contributed by atoms with Gasteiger partial charge in [0.2, 0.25) is 0 Å². The van der Waals surface area contributed by atoms with E-state index in [4.69, 9.17) is 0 Å². The number of nitrogens with zero attached hydrogens (tertiary/aromatic N) is 1. The Bertz CT molecular complexity index is 328. The molecule has 1 unspecified atom stereocenters. The van der Waals surface area contributed by atoms with Gasteiger partial charge in [0.1, 0.15) is 0 Å². The zero-order valence-corrected chi connectivity index (χ0v) is 13.2. The van der Waals surface area contributed by atoms with Gasteiger partial charge in [-0.2, -0.15) is 11.8 Å². The largest absolute Gasteiger partial charge is 0.312 e. The van der Waals surface area contributed by atoms with Crippen LogP contribution in [-0.2, 0) is 12.0 Å². The first-order valence-electron chi connectivity index (χ1n) is 6.12. The summed E-state index contributed by atoms with van der Waals surface area (Å²) in [6.07, 6.45) is 5.41. The molecular weight excluding hydrogens is 248 g/mol. The molecule has 0 amide bonds. The molecule has 1 aromatic heterocycles. The molecule has 0 bridgehead atoms. The van der Waals surface area contributed by atoms with E-state index in [0.717, 1.165) is 18.3 Å². The normalized spacial score (nSPS) is 13.9. The maximum Gasteiger partial charge on any atom is 0.0981 e. The molecule has 98 valence electrons.